The zero-order valence-electron chi connectivity index (χ0n) is 19.2. The van der Waals surface area contributed by atoms with Gasteiger partial charge in [0, 0.05) is 6.04 Å². The van der Waals surface area contributed by atoms with Gasteiger partial charge >= 0.3 is 11.9 Å². The number of nitrogens with zero attached hydrogens (tertiary/aromatic N) is 1. The minimum absolute atomic E-state index is 0.0706. The molecule has 1 aliphatic carbocycles. The zero-order valence-corrected chi connectivity index (χ0v) is 19.2. The predicted octanol–water partition coefficient (Wildman–Crippen LogP) is 2.40. The number of carboxylic acid groups (broad SMARTS) is 2. The molecule has 182 valence electrons. The molecule has 8 nitrogen and oxygen atoms in total. The van der Waals surface area contributed by atoms with Crippen LogP contribution < -0.4 is 11.1 Å². The molecule has 8 heteroatoms. The fourth-order valence-electron chi connectivity index (χ4n) is 5.42. The molecule has 1 amide bonds. The van der Waals surface area contributed by atoms with E-state index in [0.29, 0.717) is 38.6 Å². The van der Waals surface area contributed by atoms with Crippen LogP contribution in [0.15, 0.2) is 30.3 Å². The first-order valence-electron chi connectivity index (χ1n) is 12.2. The molecule has 0 bridgehead atoms. The molecule has 0 radical (unpaired) electrons. The second-order valence-corrected chi connectivity index (χ2v) is 9.37. The van der Waals surface area contributed by atoms with Crippen molar-refractivity contribution in [2.24, 2.45) is 11.7 Å². The van der Waals surface area contributed by atoms with Crippen LogP contribution in [0.2, 0.25) is 0 Å². The molecule has 0 spiro atoms. The van der Waals surface area contributed by atoms with Crippen LogP contribution in [0, 0.1) is 5.92 Å². The number of aryl methyl sites for hydroxylation is 1. The van der Waals surface area contributed by atoms with Gasteiger partial charge in [-0.2, -0.15) is 0 Å². The molecule has 3 rings (SSSR count). The van der Waals surface area contributed by atoms with E-state index in [0.717, 1.165) is 37.7 Å². The summed E-state index contributed by atoms with van der Waals surface area (Å²) in [6, 6.07) is 7.10. The summed E-state index contributed by atoms with van der Waals surface area (Å²) in [4.78, 5) is 39.3. The van der Waals surface area contributed by atoms with Gasteiger partial charge in [-0.15, -0.1) is 0 Å². The molecule has 2 aliphatic rings. The van der Waals surface area contributed by atoms with E-state index in [2.05, 4.69) is 5.32 Å². The number of likely N-dealkylation sites (tertiary alicyclic amines) is 1. The molecule has 5 N–H and O–H groups in total. The monoisotopic (exact) mass is 459 g/mol. The van der Waals surface area contributed by atoms with Crippen molar-refractivity contribution < 1.29 is 24.6 Å². The Bertz CT molecular complexity index is 802. The standard InChI is InChI=1S/C25H37N3O5/c26-15-7-6-11-19(27-20(24(30)31)14-13-17-8-2-1-3-9-17)23(29)28-21-12-5-4-10-18(21)16-22(28)25(32)33/h1-3,8-9,18-22,27H,4-7,10-16,26H2,(H,30,31)(H,32,33)/t18-,19+,20+,21-,22+/m1/s1. The van der Waals surface area contributed by atoms with Gasteiger partial charge < -0.3 is 20.8 Å². The lowest BCUT2D eigenvalue weighted by atomic mass is 9.84. The zero-order chi connectivity index (χ0) is 23.8. The maximum absolute atomic E-state index is 13.7. The third kappa shape index (κ3) is 6.54. The molecule has 1 heterocycles. The summed E-state index contributed by atoms with van der Waals surface area (Å²) in [6.45, 7) is 0.490. The molecule has 0 aromatic heterocycles. The van der Waals surface area contributed by atoms with Crippen LogP contribution in [0.3, 0.4) is 0 Å². The molecule has 33 heavy (non-hydrogen) atoms. The molecular formula is C25H37N3O5. The first-order valence-corrected chi connectivity index (χ1v) is 12.2. The largest absolute Gasteiger partial charge is 0.480 e. The number of hydrogen-bond acceptors (Lipinski definition) is 5. The van der Waals surface area contributed by atoms with E-state index in [-0.39, 0.29) is 17.9 Å². The number of fused-ring (bicyclic) bond motifs is 1. The summed E-state index contributed by atoms with van der Waals surface area (Å²) in [6.07, 6.45) is 7.03. The van der Waals surface area contributed by atoms with Gasteiger partial charge in [0.25, 0.3) is 0 Å². The lowest BCUT2D eigenvalue weighted by molar-refractivity contribution is -0.151. The number of unbranched alkanes of at least 4 members (excludes halogenated alkanes) is 1. The number of hydrogen-bond donors (Lipinski definition) is 4. The van der Waals surface area contributed by atoms with Crippen molar-refractivity contribution in [2.75, 3.05) is 6.54 Å². The average molecular weight is 460 g/mol. The quantitative estimate of drug-likeness (QED) is 0.353. The van der Waals surface area contributed by atoms with Gasteiger partial charge in [0.05, 0.1) is 6.04 Å². The van der Waals surface area contributed by atoms with Crippen LogP contribution in [0.25, 0.3) is 0 Å². The highest BCUT2D eigenvalue weighted by Gasteiger charge is 2.49. The summed E-state index contributed by atoms with van der Waals surface area (Å²) in [5, 5.41) is 22.8. The van der Waals surface area contributed by atoms with Crippen molar-refractivity contribution in [1.82, 2.24) is 10.2 Å². The van der Waals surface area contributed by atoms with Crippen LogP contribution in [-0.2, 0) is 20.8 Å². The summed E-state index contributed by atoms with van der Waals surface area (Å²) < 4.78 is 0. The highest BCUT2D eigenvalue weighted by molar-refractivity contribution is 5.88. The molecule has 1 saturated carbocycles. The Kier molecular flexibility index (Phi) is 9.26. The number of aliphatic carboxylic acids is 2. The van der Waals surface area contributed by atoms with Crippen molar-refractivity contribution in [3.63, 3.8) is 0 Å². The Labute approximate surface area is 195 Å². The first-order chi connectivity index (χ1) is 15.9. The third-order valence-corrected chi connectivity index (χ3v) is 7.14. The normalized spacial score (nSPS) is 24.2. The van der Waals surface area contributed by atoms with Gasteiger partial charge in [0.15, 0.2) is 0 Å². The number of nitrogens with one attached hydrogen (secondary N) is 1. The molecule has 1 aliphatic heterocycles. The van der Waals surface area contributed by atoms with E-state index in [1.807, 2.05) is 30.3 Å². The maximum atomic E-state index is 13.7. The summed E-state index contributed by atoms with van der Waals surface area (Å²) >= 11 is 0. The fraction of sp³-hybridized carbons (Fsp3) is 0.640. The minimum Gasteiger partial charge on any atom is -0.480 e. The Morgan fingerprint density at radius 3 is 2.42 bits per heavy atom. The van der Waals surface area contributed by atoms with Gasteiger partial charge in [0.1, 0.15) is 12.1 Å². The topological polar surface area (TPSA) is 133 Å². The number of amides is 1. The maximum Gasteiger partial charge on any atom is 0.326 e. The lowest BCUT2D eigenvalue weighted by Gasteiger charge is -2.36. The van der Waals surface area contributed by atoms with Crippen molar-refractivity contribution in [3.8, 4) is 0 Å². The summed E-state index contributed by atoms with van der Waals surface area (Å²) in [5.41, 5.74) is 6.67. The van der Waals surface area contributed by atoms with Crippen molar-refractivity contribution in [2.45, 2.75) is 88.4 Å². The number of benzene rings is 1. The van der Waals surface area contributed by atoms with Crippen LogP contribution in [0.5, 0.6) is 0 Å². The van der Waals surface area contributed by atoms with Crippen LogP contribution in [0.1, 0.15) is 63.4 Å². The highest BCUT2D eigenvalue weighted by atomic mass is 16.4. The molecule has 2 fully saturated rings. The second-order valence-electron chi connectivity index (χ2n) is 9.37. The van der Waals surface area contributed by atoms with Gasteiger partial charge in [-0.1, -0.05) is 49.6 Å². The average Bonchev–Trinajstić information content (AvgIpc) is 3.21. The van der Waals surface area contributed by atoms with Crippen LogP contribution in [-0.4, -0.2) is 63.7 Å². The third-order valence-electron chi connectivity index (χ3n) is 7.14. The van der Waals surface area contributed by atoms with E-state index in [9.17, 15) is 24.6 Å². The Balaban J connectivity index is 1.76. The molecule has 5 atom stereocenters. The highest BCUT2D eigenvalue weighted by Crippen LogP contribution is 2.40. The van der Waals surface area contributed by atoms with Crippen LogP contribution >= 0.6 is 0 Å². The number of carboxylic acids is 2. The number of rotatable bonds is 12. The molecule has 1 aromatic carbocycles. The van der Waals surface area contributed by atoms with E-state index in [4.69, 9.17) is 5.73 Å². The van der Waals surface area contributed by atoms with Gasteiger partial charge in [-0.25, -0.2) is 4.79 Å². The molecule has 0 unspecified atom stereocenters. The summed E-state index contributed by atoms with van der Waals surface area (Å²) in [7, 11) is 0. The Morgan fingerprint density at radius 1 is 1.03 bits per heavy atom. The first kappa shape index (κ1) is 25.2. The van der Waals surface area contributed by atoms with Gasteiger partial charge in [-0.05, 0) is 63.0 Å². The van der Waals surface area contributed by atoms with Crippen molar-refractivity contribution >= 4 is 17.8 Å². The summed E-state index contributed by atoms with van der Waals surface area (Å²) in [5.74, 6) is -2.05. The number of carbonyl (C=O) groups is 3. The lowest BCUT2D eigenvalue weighted by Crippen LogP contribution is -2.56. The Morgan fingerprint density at radius 2 is 1.76 bits per heavy atom. The van der Waals surface area contributed by atoms with Gasteiger partial charge in [-0.3, -0.25) is 14.9 Å². The fourth-order valence-corrected chi connectivity index (χ4v) is 5.42. The van der Waals surface area contributed by atoms with Crippen molar-refractivity contribution in [3.05, 3.63) is 35.9 Å². The van der Waals surface area contributed by atoms with Gasteiger partial charge in [0.2, 0.25) is 5.91 Å². The molecular weight excluding hydrogens is 422 g/mol. The van der Waals surface area contributed by atoms with E-state index < -0.39 is 30.1 Å². The van der Waals surface area contributed by atoms with E-state index in [1.165, 1.54) is 0 Å². The number of carbonyl (C=O) groups excluding carboxylic acids is 1. The van der Waals surface area contributed by atoms with E-state index in [1.54, 1.807) is 4.90 Å². The predicted molar refractivity (Wildman–Crippen MR) is 125 cm³/mol. The Hall–Kier alpha value is -2.45. The van der Waals surface area contributed by atoms with Crippen molar-refractivity contribution in [1.29, 1.82) is 0 Å². The number of nitrogens with two attached hydrogens (primary N) is 1. The van der Waals surface area contributed by atoms with E-state index >= 15 is 0 Å². The van der Waals surface area contributed by atoms with Crippen LogP contribution in [0.4, 0.5) is 0 Å². The smallest absolute Gasteiger partial charge is 0.326 e. The SMILES string of the molecule is NCCCC[C@H](N[C@@H](CCc1ccccc1)C(=O)O)C(=O)N1[C@@H]2CCCC[C@@H]2C[C@H]1C(=O)O. The molecule has 1 saturated heterocycles. The second kappa shape index (κ2) is 12.1. The minimum atomic E-state index is -1.01. The molecule has 1 aromatic rings.